The van der Waals surface area contributed by atoms with E-state index in [-0.39, 0.29) is 22.4 Å². The number of amides is 1. The Morgan fingerprint density at radius 1 is 1.27 bits per heavy atom. The predicted molar refractivity (Wildman–Crippen MR) is 83.1 cm³/mol. The molecule has 1 aromatic rings. The smallest absolute Gasteiger partial charge is 0.407 e. The molecule has 0 bridgehead atoms. The van der Waals surface area contributed by atoms with E-state index in [2.05, 4.69) is 10.4 Å². The molecule has 9 nitrogen and oxygen atoms in total. The van der Waals surface area contributed by atoms with Crippen LogP contribution in [0.3, 0.4) is 0 Å². The molecule has 0 radical (unpaired) electrons. The fourth-order valence-electron chi connectivity index (χ4n) is 1.58. The predicted octanol–water partition coefficient (Wildman–Crippen LogP) is 1.41. The zero-order chi connectivity index (χ0) is 17.1. The van der Waals surface area contributed by atoms with E-state index < -0.39 is 29.3 Å². The van der Waals surface area contributed by atoms with Gasteiger partial charge < -0.3 is 20.3 Å². The summed E-state index contributed by atoms with van der Waals surface area (Å²) >= 11 is 1.65. The Labute approximate surface area is 139 Å². The molecule has 0 atom stereocenters. The summed E-state index contributed by atoms with van der Waals surface area (Å²) in [5.41, 5.74) is -1.44. The van der Waals surface area contributed by atoms with Crippen LogP contribution >= 0.6 is 22.6 Å². The molecule has 0 spiro atoms. The van der Waals surface area contributed by atoms with Crippen molar-refractivity contribution in [2.45, 2.75) is 32.9 Å². The van der Waals surface area contributed by atoms with Gasteiger partial charge in [-0.15, -0.1) is 0 Å². The molecule has 0 aromatic carbocycles. The number of halogens is 1. The van der Waals surface area contributed by atoms with Crippen LogP contribution in [0.25, 0.3) is 0 Å². The van der Waals surface area contributed by atoms with Crippen LogP contribution in [0.4, 0.5) is 4.79 Å². The maximum Gasteiger partial charge on any atom is 0.407 e. The molecule has 10 heteroatoms. The number of carboxylic acid groups (broad SMARTS) is 2. The number of carbonyl (C=O) groups is 3. The first kappa shape index (κ1) is 18.2. The quantitative estimate of drug-likeness (QED) is 0.608. The van der Waals surface area contributed by atoms with E-state index in [9.17, 15) is 14.4 Å². The first-order valence-electron chi connectivity index (χ1n) is 6.22. The number of hydrogen-bond donors (Lipinski definition) is 3. The number of carboxylic acids is 2. The lowest BCUT2D eigenvalue weighted by atomic mass is 10.2. The van der Waals surface area contributed by atoms with E-state index in [1.807, 2.05) is 0 Å². The first-order chi connectivity index (χ1) is 10.0. The summed E-state index contributed by atoms with van der Waals surface area (Å²) in [6, 6.07) is 0. The third kappa shape index (κ3) is 4.86. The van der Waals surface area contributed by atoms with Gasteiger partial charge >= 0.3 is 18.0 Å². The molecule has 0 saturated carbocycles. The van der Waals surface area contributed by atoms with Crippen molar-refractivity contribution in [2.24, 2.45) is 0 Å². The van der Waals surface area contributed by atoms with Gasteiger partial charge in [-0.25, -0.2) is 14.4 Å². The van der Waals surface area contributed by atoms with Crippen molar-refractivity contribution in [1.82, 2.24) is 15.1 Å². The number of ether oxygens (including phenoxy) is 1. The molecule has 3 N–H and O–H groups in total. The van der Waals surface area contributed by atoms with Crippen molar-refractivity contribution in [3.8, 4) is 0 Å². The molecule has 22 heavy (non-hydrogen) atoms. The maximum atomic E-state index is 11.5. The highest BCUT2D eigenvalue weighted by atomic mass is 127. The number of nitrogens with one attached hydrogen (secondary N) is 1. The van der Waals surface area contributed by atoms with Crippen molar-refractivity contribution >= 4 is 40.6 Å². The molecule has 0 aliphatic rings. The lowest BCUT2D eigenvalue weighted by Gasteiger charge is -2.19. The summed E-state index contributed by atoms with van der Waals surface area (Å²) in [5.74, 6) is -2.77. The summed E-state index contributed by atoms with van der Waals surface area (Å²) in [4.78, 5) is 33.8. The summed E-state index contributed by atoms with van der Waals surface area (Å²) in [7, 11) is 0. The lowest BCUT2D eigenvalue weighted by molar-refractivity contribution is 0.0524. The summed E-state index contributed by atoms with van der Waals surface area (Å²) in [5, 5.41) is 24.5. The van der Waals surface area contributed by atoms with Crippen LogP contribution in [0, 0.1) is 3.70 Å². The summed E-state index contributed by atoms with van der Waals surface area (Å²) < 4.78 is 6.13. The minimum absolute atomic E-state index is 0.00412. The average Bonchev–Trinajstić information content (AvgIpc) is 2.63. The highest BCUT2D eigenvalue weighted by Crippen LogP contribution is 2.17. The van der Waals surface area contributed by atoms with E-state index in [1.54, 1.807) is 43.4 Å². The van der Waals surface area contributed by atoms with E-state index in [0.29, 0.717) is 0 Å². The topological polar surface area (TPSA) is 131 Å². The average molecular weight is 425 g/mol. The minimum atomic E-state index is -1.40. The summed E-state index contributed by atoms with van der Waals surface area (Å²) in [6.45, 7) is 5.19. The third-order valence-corrected chi connectivity index (χ3v) is 3.07. The van der Waals surface area contributed by atoms with Crippen LogP contribution in [0.1, 0.15) is 41.6 Å². The molecule has 0 unspecified atom stereocenters. The molecule has 0 fully saturated rings. The van der Waals surface area contributed by atoms with Gasteiger partial charge in [-0.1, -0.05) is 0 Å². The third-order valence-electron chi connectivity index (χ3n) is 2.32. The Bertz CT molecular complexity index is 605. The van der Waals surface area contributed by atoms with Crippen LogP contribution in [0.15, 0.2) is 0 Å². The molecule has 122 valence electrons. The number of nitrogens with zero attached hydrogens (tertiary/aromatic N) is 2. The van der Waals surface area contributed by atoms with Gasteiger partial charge in [0.25, 0.3) is 0 Å². The molecule has 1 heterocycles. The van der Waals surface area contributed by atoms with Gasteiger partial charge in [-0.05, 0) is 43.4 Å². The minimum Gasteiger partial charge on any atom is -0.478 e. The standard InChI is InChI=1S/C12H16IN3O6/c1-12(2,3)22-11(21)14-4-5-16-7(10(19)20)6(9(17)18)8(13)15-16/h4-5H2,1-3H3,(H,14,21)(H,17,18)(H,19,20). The van der Waals surface area contributed by atoms with E-state index in [4.69, 9.17) is 14.9 Å². The Balaban J connectivity index is 2.79. The van der Waals surface area contributed by atoms with Gasteiger partial charge in [0.05, 0.1) is 6.54 Å². The monoisotopic (exact) mass is 425 g/mol. The second kappa shape index (κ2) is 6.94. The Morgan fingerprint density at radius 3 is 2.32 bits per heavy atom. The second-order valence-corrected chi connectivity index (χ2v) is 6.30. The van der Waals surface area contributed by atoms with Crippen molar-refractivity contribution in [1.29, 1.82) is 0 Å². The first-order valence-corrected chi connectivity index (χ1v) is 7.30. The van der Waals surface area contributed by atoms with Gasteiger partial charge in [0, 0.05) is 6.54 Å². The Morgan fingerprint density at radius 2 is 1.86 bits per heavy atom. The highest BCUT2D eigenvalue weighted by Gasteiger charge is 2.26. The number of aromatic carboxylic acids is 2. The fraction of sp³-hybridized carbons (Fsp3) is 0.500. The largest absolute Gasteiger partial charge is 0.478 e. The Hall–Kier alpha value is -1.85. The van der Waals surface area contributed by atoms with Crippen molar-refractivity contribution < 1.29 is 29.3 Å². The van der Waals surface area contributed by atoms with Gasteiger partial charge in [-0.3, -0.25) is 4.68 Å². The lowest BCUT2D eigenvalue weighted by Crippen LogP contribution is -2.34. The number of carbonyl (C=O) groups excluding carboxylic acids is 1. The number of rotatable bonds is 5. The molecule has 0 saturated heterocycles. The zero-order valence-corrected chi connectivity index (χ0v) is 14.4. The maximum absolute atomic E-state index is 11.5. The normalized spacial score (nSPS) is 11.1. The van der Waals surface area contributed by atoms with E-state index in [0.717, 1.165) is 4.68 Å². The number of alkyl carbamates (subject to hydrolysis) is 1. The van der Waals surface area contributed by atoms with Crippen molar-refractivity contribution in [3.63, 3.8) is 0 Å². The van der Waals surface area contributed by atoms with Crippen LogP contribution in [0.2, 0.25) is 0 Å². The zero-order valence-electron chi connectivity index (χ0n) is 12.2. The van der Waals surface area contributed by atoms with Crippen LogP contribution in [-0.4, -0.2) is 50.2 Å². The fourth-order valence-corrected chi connectivity index (χ4v) is 2.33. The van der Waals surface area contributed by atoms with Gasteiger partial charge in [0.15, 0.2) is 5.69 Å². The molecular weight excluding hydrogens is 409 g/mol. The molecular formula is C12H16IN3O6. The van der Waals surface area contributed by atoms with E-state index >= 15 is 0 Å². The molecule has 0 aliphatic carbocycles. The van der Waals surface area contributed by atoms with Gasteiger partial charge in [0.2, 0.25) is 0 Å². The summed E-state index contributed by atoms with van der Waals surface area (Å²) in [6.07, 6.45) is -0.648. The van der Waals surface area contributed by atoms with Crippen LogP contribution in [-0.2, 0) is 11.3 Å². The molecule has 1 aromatic heterocycles. The Kier molecular flexibility index (Phi) is 5.74. The van der Waals surface area contributed by atoms with Crippen molar-refractivity contribution in [2.75, 3.05) is 6.54 Å². The van der Waals surface area contributed by atoms with Crippen molar-refractivity contribution in [3.05, 3.63) is 15.0 Å². The highest BCUT2D eigenvalue weighted by molar-refractivity contribution is 14.1. The molecule has 0 aliphatic heterocycles. The number of hydrogen-bond acceptors (Lipinski definition) is 5. The van der Waals surface area contributed by atoms with E-state index in [1.165, 1.54) is 0 Å². The molecule has 1 amide bonds. The van der Waals surface area contributed by atoms with Gasteiger partial charge in [0.1, 0.15) is 14.9 Å². The SMILES string of the molecule is CC(C)(C)OC(=O)NCCn1nc(I)c(C(=O)O)c1C(=O)O. The van der Waals surface area contributed by atoms with Crippen LogP contribution < -0.4 is 5.32 Å². The van der Waals surface area contributed by atoms with Crippen LogP contribution in [0.5, 0.6) is 0 Å². The second-order valence-electron chi connectivity index (χ2n) is 5.28. The molecule has 1 rings (SSSR count). The van der Waals surface area contributed by atoms with Gasteiger partial charge in [-0.2, -0.15) is 5.10 Å². The number of aromatic nitrogens is 2.